The first-order valence-electron chi connectivity index (χ1n) is 5.64. The van der Waals surface area contributed by atoms with Gasteiger partial charge in [-0.3, -0.25) is 0 Å². The molecule has 0 aliphatic carbocycles. The molecule has 18 heavy (non-hydrogen) atoms. The quantitative estimate of drug-likeness (QED) is 0.702. The SMILES string of the molecule is Cn1cnc2cnc(OCc3ccccc3)nc21. The van der Waals surface area contributed by atoms with E-state index in [1.54, 1.807) is 12.5 Å². The van der Waals surface area contributed by atoms with Crippen molar-refractivity contribution in [3.63, 3.8) is 0 Å². The summed E-state index contributed by atoms with van der Waals surface area (Å²) >= 11 is 0. The Morgan fingerprint density at radius 2 is 2.00 bits per heavy atom. The van der Waals surface area contributed by atoms with Crippen LogP contribution in [-0.2, 0) is 13.7 Å². The summed E-state index contributed by atoms with van der Waals surface area (Å²) in [5.74, 6) is 0. The van der Waals surface area contributed by atoms with Crippen LogP contribution in [0.3, 0.4) is 0 Å². The molecule has 0 N–H and O–H groups in total. The summed E-state index contributed by atoms with van der Waals surface area (Å²) in [5.41, 5.74) is 2.63. The molecule has 90 valence electrons. The standard InChI is InChI=1S/C13H12N4O/c1-17-9-15-11-7-14-13(16-12(11)17)18-8-10-5-3-2-4-6-10/h2-7,9H,8H2,1H3. The Kier molecular flexibility index (Phi) is 2.64. The molecule has 1 aromatic carbocycles. The lowest BCUT2D eigenvalue weighted by Crippen LogP contribution is -2.00. The van der Waals surface area contributed by atoms with Crippen LogP contribution in [0.2, 0.25) is 0 Å². The average molecular weight is 240 g/mol. The van der Waals surface area contributed by atoms with Gasteiger partial charge in [0, 0.05) is 7.05 Å². The molecule has 0 atom stereocenters. The van der Waals surface area contributed by atoms with Gasteiger partial charge in [-0.1, -0.05) is 30.3 Å². The number of benzene rings is 1. The van der Waals surface area contributed by atoms with Crippen LogP contribution in [0.15, 0.2) is 42.9 Å². The second-order valence-corrected chi connectivity index (χ2v) is 3.99. The van der Waals surface area contributed by atoms with Crippen LogP contribution in [0, 0.1) is 0 Å². The van der Waals surface area contributed by atoms with E-state index < -0.39 is 0 Å². The maximum atomic E-state index is 5.56. The lowest BCUT2D eigenvalue weighted by atomic mass is 10.2. The fourth-order valence-corrected chi connectivity index (χ4v) is 1.70. The number of fused-ring (bicyclic) bond motifs is 1. The summed E-state index contributed by atoms with van der Waals surface area (Å²) in [6, 6.07) is 10.3. The van der Waals surface area contributed by atoms with Gasteiger partial charge in [-0.05, 0) is 5.56 Å². The predicted octanol–water partition coefficient (Wildman–Crippen LogP) is 1.94. The summed E-state index contributed by atoms with van der Waals surface area (Å²) in [6.07, 6.45) is 3.38. The van der Waals surface area contributed by atoms with Crippen LogP contribution >= 0.6 is 0 Å². The van der Waals surface area contributed by atoms with Crippen LogP contribution in [0.25, 0.3) is 11.2 Å². The molecule has 0 aliphatic heterocycles. The van der Waals surface area contributed by atoms with Crippen LogP contribution in [0.1, 0.15) is 5.56 Å². The number of aromatic nitrogens is 4. The Labute approximate surface area is 104 Å². The summed E-state index contributed by atoms with van der Waals surface area (Å²) in [4.78, 5) is 12.6. The van der Waals surface area contributed by atoms with Gasteiger partial charge in [0.25, 0.3) is 0 Å². The van der Waals surface area contributed by atoms with E-state index in [1.165, 1.54) is 0 Å². The molecule has 0 spiro atoms. The number of imidazole rings is 1. The highest BCUT2D eigenvalue weighted by Crippen LogP contribution is 2.12. The first kappa shape index (κ1) is 10.7. The highest BCUT2D eigenvalue weighted by molar-refractivity contribution is 5.69. The zero-order valence-corrected chi connectivity index (χ0v) is 9.95. The highest BCUT2D eigenvalue weighted by Gasteiger charge is 2.05. The molecule has 0 saturated heterocycles. The van der Waals surface area contributed by atoms with Crippen LogP contribution in [-0.4, -0.2) is 19.5 Å². The van der Waals surface area contributed by atoms with Gasteiger partial charge >= 0.3 is 6.01 Å². The minimum Gasteiger partial charge on any atom is -0.459 e. The maximum absolute atomic E-state index is 5.56. The molecule has 0 bridgehead atoms. The van der Waals surface area contributed by atoms with Crippen molar-refractivity contribution in [1.29, 1.82) is 0 Å². The smallest absolute Gasteiger partial charge is 0.318 e. The Morgan fingerprint density at radius 1 is 1.17 bits per heavy atom. The van der Waals surface area contributed by atoms with Crippen molar-refractivity contribution in [1.82, 2.24) is 19.5 Å². The van der Waals surface area contributed by atoms with Crippen molar-refractivity contribution in [2.24, 2.45) is 7.05 Å². The van der Waals surface area contributed by atoms with Crippen LogP contribution in [0.5, 0.6) is 6.01 Å². The normalized spacial score (nSPS) is 10.7. The van der Waals surface area contributed by atoms with E-state index in [-0.39, 0.29) is 0 Å². The molecule has 0 unspecified atom stereocenters. The fraction of sp³-hybridized carbons (Fsp3) is 0.154. The zero-order chi connectivity index (χ0) is 12.4. The van der Waals surface area contributed by atoms with Gasteiger partial charge in [0.15, 0.2) is 5.65 Å². The average Bonchev–Trinajstić information content (AvgIpc) is 2.79. The summed E-state index contributed by atoms with van der Waals surface area (Å²) in [6.45, 7) is 0.462. The van der Waals surface area contributed by atoms with E-state index in [4.69, 9.17) is 4.74 Å². The van der Waals surface area contributed by atoms with Gasteiger partial charge in [0.2, 0.25) is 0 Å². The first-order valence-corrected chi connectivity index (χ1v) is 5.64. The molecular weight excluding hydrogens is 228 g/mol. The number of ether oxygens (including phenoxy) is 1. The third kappa shape index (κ3) is 2.02. The van der Waals surface area contributed by atoms with E-state index >= 15 is 0 Å². The number of aryl methyl sites for hydroxylation is 1. The van der Waals surface area contributed by atoms with E-state index in [1.807, 2.05) is 41.9 Å². The predicted molar refractivity (Wildman–Crippen MR) is 67.1 cm³/mol. The number of nitrogens with zero attached hydrogens (tertiary/aromatic N) is 4. The lowest BCUT2D eigenvalue weighted by molar-refractivity contribution is 0.281. The second-order valence-electron chi connectivity index (χ2n) is 3.99. The molecular formula is C13H12N4O. The van der Waals surface area contributed by atoms with Gasteiger partial charge in [0.1, 0.15) is 12.1 Å². The van der Waals surface area contributed by atoms with E-state index in [9.17, 15) is 0 Å². The van der Waals surface area contributed by atoms with Crippen molar-refractivity contribution in [2.75, 3.05) is 0 Å². The molecule has 2 heterocycles. The summed E-state index contributed by atoms with van der Waals surface area (Å²) in [7, 11) is 1.89. The monoisotopic (exact) mass is 240 g/mol. The van der Waals surface area contributed by atoms with Gasteiger partial charge in [-0.2, -0.15) is 4.98 Å². The molecule has 2 aromatic heterocycles. The third-order valence-corrected chi connectivity index (χ3v) is 2.64. The van der Waals surface area contributed by atoms with Crippen molar-refractivity contribution >= 4 is 11.2 Å². The van der Waals surface area contributed by atoms with Gasteiger partial charge in [0.05, 0.1) is 12.5 Å². The largest absolute Gasteiger partial charge is 0.459 e. The summed E-state index contributed by atoms with van der Waals surface area (Å²) in [5, 5.41) is 0. The Bertz CT molecular complexity index is 663. The number of hydrogen-bond donors (Lipinski definition) is 0. The number of rotatable bonds is 3. The zero-order valence-electron chi connectivity index (χ0n) is 9.95. The molecule has 0 saturated carbocycles. The minimum atomic E-state index is 0.370. The van der Waals surface area contributed by atoms with Gasteiger partial charge < -0.3 is 9.30 Å². The van der Waals surface area contributed by atoms with E-state index in [0.29, 0.717) is 12.6 Å². The molecule has 0 radical (unpaired) electrons. The van der Waals surface area contributed by atoms with Crippen molar-refractivity contribution in [2.45, 2.75) is 6.61 Å². The lowest BCUT2D eigenvalue weighted by Gasteiger charge is -2.04. The molecule has 3 aromatic rings. The van der Waals surface area contributed by atoms with Crippen molar-refractivity contribution < 1.29 is 4.74 Å². The topological polar surface area (TPSA) is 52.8 Å². The van der Waals surface area contributed by atoms with E-state index in [0.717, 1.165) is 16.7 Å². The minimum absolute atomic E-state index is 0.370. The van der Waals surface area contributed by atoms with Crippen LogP contribution < -0.4 is 4.74 Å². The van der Waals surface area contributed by atoms with Crippen molar-refractivity contribution in [3.05, 3.63) is 48.4 Å². The molecule has 5 nitrogen and oxygen atoms in total. The Balaban J connectivity index is 1.80. The molecule has 0 amide bonds. The second kappa shape index (κ2) is 4.44. The molecule has 5 heteroatoms. The number of hydrogen-bond acceptors (Lipinski definition) is 4. The van der Waals surface area contributed by atoms with E-state index in [2.05, 4.69) is 15.0 Å². The van der Waals surface area contributed by atoms with Gasteiger partial charge in [-0.15, -0.1) is 0 Å². The Hall–Kier alpha value is -2.43. The third-order valence-electron chi connectivity index (χ3n) is 2.64. The fourth-order valence-electron chi connectivity index (χ4n) is 1.70. The molecule has 0 aliphatic rings. The van der Waals surface area contributed by atoms with Crippen molar-refractivity contribution in [3.8, 4) is 6.01 Å². The van der Waals surface area contributed by atoms with Crippen LogP contribution in [0.4, 0.5) is 0 Å². The highest BCUT2D eigenvalue weighted by atomic mass is 16.5. The van der Waals surface area contributed by atoms with Gasteiger partial charge in [-0.25, -0.2) is 9.97 Å². The molecule has 0 fully saturated rings. The Morgan fingerprint density at radius 3 is 2.83 bits per heavy atom. The summed E-state index contributed by atoms with van der Waals surface area (Å²) < 4.78 is 7.40. The maximum Gasteiger partial charge on any atom is 0.318 e. The molecule has 3 rings (SSSR count). The first-order chi connectivity index (χ1) is 8.83.